The maximum absolute atomic E-state index is 11.6. The van der Waals surface area contributed by atoms with Gasteiger partial charge in [0.25, 0.3) is 5.56 Å². The number of hydrogen-bond acceptors (Lipinski definition) is 4. The highest BCUT2D eigenvalue weighted by Crippen LogP contribution is 2.17. The van der Waals surface area contributed by atoms with Crippen molar-refractivity contribution < 1.29 is 14.6 Å². The zero-order valence-electron chi connectivity index (χ0n) is 10.9. The van der Waals surface area contributed by atoms with E-state index in [9.17, 15) is 9.59 Å². The fraction of sp³-hybridized carbons (Fsp3) is 0.214. The first kappa shape index (κ1) is 13.8. The van der Waals surface area contributed by atoms with E-state index in [0.717, 1.165) is 0 Å². The summed E-state index contributed by atoms with van der Waals surface area (Å²) in [5, 5.41) is 9.01. The van der Waals surface area contributed by atoms with E-state index in [2.05, 4.69) is 4.98 Å². The largest absolute Gasteiger partial charge is 0.491 e. The maximum atomic E-state index is 11.6. The van der Waals surface area contributed by atoms with Gasteiger partial charge in [-0.15, -0.1) is 0 Å². The van der Waals surface area contributed by atoms with Gasteiger partial charge in [0.15, 0.2) is 0 Å². The van der Waals surface area contributed by atoms with Crippen LogP contribution in [0.4, 0.5) is 0 Å². The lowest BCUT2D eigenvalue weighted by Crippen LogP contribution is -2.23. The molecule has 0 fully saturated rings. The highest BCUT2D eigenvalue weighted by Gasteiger charge is 2.09. The number of aromatic nitrogens is 2. The Morgan fingerprint density at radius 1 is 1.40 bits per heavy atom. The minimum Gasteiger partial charge on any atom is -0.491 e. The van der Waals surface area contributed by atoms with Crippen molar-refractivity contribution in [3.8, 4) is 5.75 Å². The Kier molecular flexibility index (Phi) is 4.14. The molecule has 0 bridgehead atoms. The van der Waals surface area contributed by atoms with E-state index in [1.807, 2.05) is 0 Å². The van der Waals surface area contributed by atoms with Gasteiger partial charge in [-0.05, 0) is 19.1 Å². The number of aromatic carboxylic acids is 1. The topological polar surface area (TPSA) is 81.4 Å². The molecule has 0 saturated carbocycles. The number of carbonyl (C=O) groups is 1. The highest BCUT2D eigenvalue weighted by atomic mass is 16.5. The van der Waals surface area contributed by atoms with Crippen molar-refractivity contribution in [3.05, 3.63) is 58.3 Å². The van der Waals surface area contributed by atoms with Crippen LogP contribution in [0.3, 0.4) is 0 Å². The summed E-state index contributed by atoms with van der Waals surface area (Å²) in [7, 11) is 0. The number of para-hydroxylation sites is 1. The lowest BCUT2D eigenvalue weighted by Gasteiger charge is -2.10. The van der Waals surface area contributed by atoms with Crippen LogP contribution in [0.15, 0.2) is 41.5 Å². The molecule has 0 aliphatic carbocycles. The standard InChI is InChI=1S/C14H14N2O4/c1-10-8-13(17)16(9-15-10)6-7-20-12-5-3-2-4-11(12)14(18)19/h2-5,8-9H,6-7H2,1H3,(H,18,19). The van der Waals surface area contributed by atoms with Crippen molar-refractivity contribution in [1.82, 2.24) is 9.55 Å². The number of nitrogens with zero attached hydrogens (tertiary/aromatic N) is 2. The molecule has 6 heteroatoms. The molecule has 0 aliphatic heterocycles. The molecule has 2 rings (SSSR count). The summed E-state index contributed by atoms with van der Waals surface area (Å²) in [4.78, 5) is 26.7. The van der Waals surface area contributed by atoms with E-state index in [-0.39, 0.29) is 23.5 Å². The third kappa shape index (κ3) is 3.23. The fourth-order valence-corrected chi connectivity index (χ4v) is 1.71. The molecule has 6 nitrogen and oxygen atoms in total. The molecule has 0 aliphatic rings. The lowest BCUT2D eigenvalue weighted by molar-refractivity contribution is 0.0692. The second-order valence-corrected chi connectivity index (χ2v) is 4.21. The molecule has 0 radical (unpaired) electrons. The first-order chi connectivity index (χ1) is 9.58. The van der Waals surface area contributed by atoms with Crippen molar-refractivity contribution in [1.29, 1.82) is 0 Å². The van der Waals surface area contributed by atoms with Crippen LogP contribution in [0, 0.1) is 6.92 Å². The molecule has 20 heavy (non-hydrogen) atoms. The highest BCUT2D eigenvalue weighted by molar-refractivity contribution is 5.90. The van der Waals surface area contributed by atoms with E-state index in [1.54, 1.807) is 25.1 Å². The van der Waals surface area contributed by atoms with Gasteiger partial charge in [-0.3, -0.25) is 9.36 Å². The Hall–Kier alpha value is -2.63. The molecule has 0 atom stereocenters. The first-order valence-electron chi connectivity index (χ1n) is 6.06. The van der Waals surface area contributed by atoms with E-state index in [1.165, 1.54) is 23.0 Å². The van der Waals surface area contributed by atoms with Crippen molar-refractivity contribution in [3.63, 3.8) is 0 Å². The average Bonchev–Trinajstić information content (AvgIpc) is 2.41. The molecule has 0 unspecified atom stereocenters. The van der Waals surface area contributed by atoms with E-state index in [4.69, 9.17) is 9.84 Å². The molecule has 104 valence electrons. The average molecular weight is 274 g/mol. The number of rotatable bonds is 5. The Balaban J connectivity index is 2.03. The van der Waals surface area contributed by atoms with Crippen molar-refractivity contribution in [2.24, 2.45) is 0 Å². The molecule has 1 aromatic carbocycles. The van der Waals surface area contributed by atoms with E-state index >= 15 is 0 Å². The maximum Gasteiger partial charge on any atom is 0.339 e. The van der Waals surface area contributed by atoms with Crippen molar-refractivity contribution in [2.75, 3.05) is 6.61 Å². The van der Waals surface area contributed by atoms with Crippen LogP contribution >= 0.6 is 0 Å². The number of benzene rings is 1. The van der Waals surface area contributed by atoms with Crippen molar-refractivity contribution in [2.45, 2.75) is 13.5 Å². The second-order valence-electron chi connectivity index (χ2n) is 4.21. The number of hydrogen-bond donors (Lipinski definition) is 1. The van der Waals surface area contributed by atoms with Gasteiger partial charge in [0.05, 0.1) is 12.9 Å². The molecule has 1 aromatic heterocycles. The molecular weight excluding hydrogens is 260 g/mol. The molecule has 0 spiro atoms. The Labute approximate surface area is 115 Å². The monoisotopic (exact) mass is 274 g/mol. The Bertz CT molecular complexity index is 679. The van der Waals surface area contributed by atoms with Crippen LogP contribution in [0.2, 0.25) is 0 Å². The summed E-state index contributed by atoms with van der Waals surface area (Å²) in [5.74, 6) is -0.761. The second kappa shape index (κ2) is 6.01. The van der Waals surface area contributed by atoms with Gasteiger partial charge < -0.3 is 9.84 Å². The minimum atomic E-state index is -1.05. The smallest absolute Gasteiger partial charge is 0.339 e. The Morgan fingerprint density at radius 3 is 2.85 bits per heavy atom. The van der Waals surface area contributed by atoms with Crippen LogP contribution in [-0.2, 0) is 6.54 Å². The lowest BCUT2D eigenvalue weighted by atomic mass is 10.2. The van der Waals surface area contributed by atoms with Gasteiger partial charge in [0.2, 0.25) is 0 Å². The quantitative estimate of drug-likeness (QED) is 0.889. The number of ether oxygens (including phenoxy) is 1. The van der Waals surface area contributed by atoms with Crippen LogP contribution in [-0.4, -0.2) is 27.2 Å². The van der Waals surface area contributed by atoms with Gasteiger partial charge in [-0.25, -0.2) is 9.78 Å². The molecular formula is C14H14N2O4. The van der Waals surface area contributed by atoms with Crippen LogP contribution < -0.4 is 10.3 Å². The minimum absolute atomic E-state index is 0.0990. The summed E-state index contributed by atoms with van der Waals surface area (Å²) >= 11 is 0. The zero-order chi connectivity index (χ0) is 14.5. The Morgan fingerprint density at radius 2 is 2.15 bits per heavy atom. The van der Waals surface area contributed by atoms with E-state index in [0.29, 0.717) is 12.2 Å². The van der Waals surface area contributed by atoms with Gasteiger partial charge in [-0.2, -0.15) is 0 Å². The van der Waals surface area contributed by atoms with Crippen LogP contribution in [0.1, 0.15) is 16.1 Å². The predicted octanol–water partition coefficient (Wildman–Crippen LogP) is 1.33. The summed E-state index contributed by atoms with van der Waals surface area (Å²) in [6.45, 7) is 2.24. The third-order valence-corrected chi connectivity index (χ3v) is 2.72. The van der Waals surface area contributed by atoms with Gasteiger partial charge in [0.1, 0.15) is 17.9 Å². The zero-order valence-corrected chi connectivity index (χ0v) is 10.9. The van der Waals surface area contributed by atoms with Gasteiger partial charge in [0, 0.05) is 11.8 Å². The van der Waals surface area contributed by atoms with Crippen LogP contribution in [0.25, 0.3) is 0 Å². The summed E-state index contributed by atoms with van der Waals surface area (Å²) in [6.07, 6.45) is 1.45. The SMILES string of the molecule is Cc1cc(=O)n(CCOc2ccccc2C(=O)O)cn1. The molecule has 0 amide bonds. The fourth-order valence-electron chi connectivity index (χ4n) is 1.71. The van der Waals surface area contributed by atoms with Gasteiger partial charge >= 0.3 is 5.97 Å². The predicted molar refractivity (Wildman–Crippen MR) is 72.1 cm³/mol. The molecule has 0 saturated heterocycles. The molecule has 1 heterocycles. The number of carboxylic acid groups (broad SMARTS) is 1. The third-order valence-electron chi connectivity index (χ3n) is 2.72. The van der Waals surface area contributed by atoms with Crippen molar-refractivity contribution >= 4 is 5.97 Å². The number of carboxylic acids is 1. The van der Waals surface area contributed by atoms with Gasteiger partial charge in [-0.1, -0.05) is 12.1 Å². The van der Waals surface area contributed by atoms with Crippen LogP contribution in [0.5, 0.6) is 5.75 Å². The molecule has 2 aromatic rings. The molecule has 1 N–H and O–H groups in total. The normalized spacial score (nSPS) is 10.2. The summed E-state index contributed by atoms with van der Waals surface area (Å²) in [6, 6.07) is 7.81. The summed E-state index contributed by atoms with van der Waals surface area (Å²) < 4.78 is 6.83. The summed E-state index contributed by atoms with van der Waals surface area (Å²) in [5.41, 5.74) is 0.595. The van der Waals surface area contributed by atoms with E-state index < -0.39 is 5.97 Å². The number of aryl methyl sites for hydroxylation is 1. The first-order valence-corrected chi connectivity index (χ1v) is 6.06.